The molecule has 3 aliphatic rings. The van der Waals surface area contributed by atoms with Crippen molar-refractivity contribution in [2.45, 2.75) is 180 Å². The standard InChI is InChI=1S/C70H101N5O22Si2/c1-41-29-47(39-91-98(16,17)69(6,7)8)74(36-41)64(80)49-32-55(85-13)57(34-52(49)71)88-26-21-20-22-27-89-58-35-53(50(33-56(58)86-14)65(81)75-37-42(2)30-48(75)40-92-99(18,19)70(9,10)11)73-68(83)90-38-46-23-24-54(51(31-46)63(79)72-25-28-84-12)96-67-62(95-45(5)78)60(94-44(4)77)59(93-43(3)76)61(97-67)66(82)87-15/h23-24,31-35,47-48,59-62,67H,1-2,20-22,25-30,36-40,71H2,3-19H3,(H,72,79)(H,73,83)/t47?,48-,59-,60?,61-,62+,67+/m0/s1. The third-order valence-electron chi connectivity index (χ3n) is 18.1. The van der Waals surface area contributed by atoms with Gasteiger partial charge in [-0.3, -0.25) is 34.1 Å². The summed E-state index contributed by atoms with van der Waals surface area (Å²) in [4.78, 5) is 111. The summed E-state index contributed by atoms with van der Waals surface area (Å²) in [5, 5.41) is 5.33. The molecule has 4 N–H and O–H groups in total. The molecule has 3 aromatic carbocycles. The molecule has 0 aromatic heterocycles. The Bertz CT molecular complexity index is 3440. The first-order valence-electron chi connectivity index (χ1n) is 32.9. The van der Waals surface area contributed by atoms with Crippen LogP contribution < -0.4 is 40.1 Å². The molecule has 2 unspecified atom stereocenters. The maximum atomic E-state index is 15.0. The lowest BCUT2D eigenvalue weighted by Gasteiger charge is -2.43. The van der Waals surface area contributed by atoms with Crippen molar-refractivity contribution in [2.24, 2.45) is 0 Å². The Morgan fingerprint density at radius 3 is 1.63 bits per heavy atom. The van der Waals surface area contributed by atoms with Gasteiger partial charge in [0.25, 0.3) is 17.7 Å². The molecule has 0 spiro atoms. The molecule has 99 heavy (non-hydrogen) atoms. The van der Waals surface area contributed by atoms with Crippen LogP contribution in [0.3, 0.4) is 0 Å². The predicted octanol–water partition coefficient (Wildman–Crippen LogP) is 9.70. The molecule has 6 rings (SSSR count). The summed E-state index contributed by atoms with van der Waals surface area (Å²) in [7, 11) is 1.03. The van der Waals surface area contributed by atoms with Crippen molar-refractivity contribution >= 4 is 75.7 Å². The number of hydrogen-bond donors (Lipinski definition) is 3. The molecule has 3 saturated heterocycles. The van der Waals surface area contributed by atoms with Crippen LogP contribution in [0.15, 0.2) is 66.8 Å². The second-order valence-corrected chi connectivity index (χ2v) is 37.3. The molecular weight excluding hydrogens is 1320 g/mol. The van der Waals surface area contributed by atoms with Crippen LogP contribution in [-0.4, -0.2) is 198 Å². The highest BCUT2D eigenvalue weighted by Gasteiger charge is 2.56. The zero-order valence-electron chi connectivity index (χ0n) is 60.3. The van der Waals surface area contributed by atoms with Crippen molar-refractivity contribution in [3.8, 4) is 28.7 Å². The van der Waals surface area contributed by atoms with Crippen LogP contribution in [0.5, 0.6) is 28.7 Å². The van der Waals surface area contributed by atoms with Gasteiger partial charge in [-0.25, -0.2) is 9.59 Å². The van der Waals surface area contributed by atoms with Crippen LogP contribution in [0.2, 0.25) is 36.3 Å². The minimum atomic E-state index is -2.27. The number of nitrogens with zero attached hydrogens (tertiary/aromatic N) is 2. The minimum Gasteiger partial charge on any atom is -0.493 e. The maximum Gasteiger partial charge on any atom is 0.411 e. The van der Waals surface area contributed by atoms with E-state index in [0.29, 0.717) is 56.8 Å². The highest BCUT2D eigenvalue weighted by molar-refractivity contribution is 6.74. The van der Waals surface area contributed by atoms with Gasteiger partial charge in [0.2, 0.25) is 12.4 Å². The number of nitrogens with one attached hydrogen (secondary N) is 2. The second kappa shape index (κ2) is 34.7. The number of hydrogen-bond acceptors (Lipinski definition) is 23. The fourth-order valence-electron chi connectivity index (χ4n) is 10.7. The van der Waals surface area contributed by atoms with E-state index in [2.05, 4.69) is 91.5 Å². The summed E-state index contributed by atoms with van der Waals surface area (Å²) in [5.41, 5.74) is 8.97. The summed E-state index contributed by atoms with van der Waals surface area (Å²) in [6.45, 7) is 34.5. The van der Waals surface area contributed by atoms with E-state index in [-0.39, 0.29) is 118 Å². The summed E-state index contributed by atoms with van der Waals surface area (Å²) in [6, 6.07) is 9.71. The van der Waals surface area contributed by atoms with Crippen LogP contribution in [0.25, 0.3) is 0 Å². The van der Waals surface area contributed by atoms with Crippen molar-refractivity contribution in [3.63, 3.8) is 0 Å². The topological polar surface area (TPSA) is 322 Å². The smallest absolute Gasteiger partial charge is 0.411 e. The van der Waals surface area contributed by atoms with Crippen molar-refractivity contribution in [1.29, 1.82) is 0 Å². The van der Waals surface area contributed by atoms with E-state index < -0.39 is 95.7 Å². The van der Waals surface area contributed by atoms with Gasteiger partial charge in [-0.2, -0.15) is 0 Å². The van der Waals surface area contributed by atoms with Gasteiger partial charge in [-0.15, -0.1) is 0 Å². The van der Waals surface area contributed by atoms with E-state index in [1.165, 1.54) is 51.7 Å². The van der Waals surface area contributed by atoms with Crippen LogP contribution in [0.4, 0.5) is 16.2 Å². The largest absolute Gasteiger partial charge is 0.493 e. The number of esters is 4. The van der Waals surface area contributed by atoms with E-state index in [1.807, 2.05) is 0 Å². The number of nitrogens with two attached hydrogens (primary N) is 1. The average Bonchev–Trinajstić information content (AvgIpc) is 1.38. The second-order valence-electron chi connectivity index (χ2n) is 27.7. The zero-order valence-corrected chi connectivity index (χ0v) is 62.3. The highest BCUT2D eigenvalue weighted by Crippen LogP contribution is 2.42. The van der Waals surface area contributed by atoms with Crippen molar-refractivity contribution in [2.75, 3.05) is 92.2 Å². The molecule has 3 aliphatic heterocycles. The molecule has 0 saturated carbocycles. The van der Waals surface area contributed by atoms with E-state index in [1.54, 1.807) is 21.9 Å². The van der Waals surface area contributed by atoms with Gasteiger partial charge in [0.1, 0.15) is 12.4 Å². The van der Waals surface area contributed by atoms with Crippen LogP contribution in [0, 0.1) is 0 Å². The number of unbranched alkanes of at least 4 members (excludes halogenated alkanes) is 2. The van der Waals surface area contributed by atoms with Gasteiger partial charge in [0, 0.05) is 65.3 Å². The third kappa shape index (κ3) is 21.2. The minimum absolute atomic E-state index is 0.00252. The molecule has 0 bridgehead atoms. The molecule has 546 valence electrons. The Morgan fingerprint density at radius 1 is 0.616 bits per heavy atom. The van der Waals surface area contributed by atoms with Crippen LogP contribution in [0.1, 0.15) is 131 Å². The van der Waals surface area contributed by atoms with E-state index in [4.69, 9.17) is 71.4 Å². The number of carbonyl (C=O) groups is 8. The Kier molecular flexibility index (Phi) is 28.0. The van der Waals surface area contributed by atoms with Crippen molar-refractivity contribution in [3.05, 3.63) is 89.0 Å². The van der Waals surface area contributed by atoms with Gasteiger partial charge >= 0.3 is 30.0 Å². The van der Waals surface area contributed by atoms with Crippen LogP contribution >= 0.6 is 0 Å². The molecule has 0 aliphatic carbocycles. The van der Waals surface area contributed by atoms with Gasteiger partial charge in [0.15, 0.2) is 57.9 Å². The highest BCUT2D eigenvalue weighted by atomic mass is 28.4. The lowest BCUT2D eigenvalue weighted by molar-refractivity contribution is -0.282. The Labute approximate surface area is 582 Å². The maximum absolute atomic E-state index is 15.0. The third-order valence-corrected chi connectivity index (χ3v) is 27.1. The normalized spacial score (nSPS) is 19.5. The molecule has 3 fully saturated rings. The number of anilines is 2. The zero-order chi connectivity index (χ0) is 73.5. The fraction of sp³-hybridized carbons (Fsp3) is 0.571. The van der Waals surface area contributed by atoms with Crippen LogP contribution in [-0.2, 0) is 67.8 Å². The monoisotopic (exact) mass is 1420 g/mol. The Hall–Kier alpha value is -8.23. The van der Waals surface area contributed by atoms with E-state index in [0.717, 1.165) is 39.0 Å². The first-order valence-corrected chi connectivity index (χ1v) is 38.7. The number of ether oxygens (including phenoxy) is 12. The number of likely N-dealkylation sites (tertiary alicyclic amines) is 2. The molecule has 4 amide bonds. The summed E-state index contributed by atoms with van der Waals surface area (Å²) < 4.78 is 81.6. The van der Waals surface area contributed by atoms with Gasteiger partial charge in [-0.1, -0.05) is 71.9 Å². The van der Waals surface area contributed by atoms with Gasteiger partial charge < -0.3 is 86.5 Å². The number of methoxy groups -OCH3 is 4. The van der Waals surface area contributed by atoms with Crippen molar-refractivity contribution < 1.29 is 104 Å². The summed E-state index contributed by atoms with van der Waals surface area (Å²) >= 11 is 0. The molecule has 7 atom stereocenters. The molecule has 0 radical (unpaired) electrons. The number of benzene rings is 3. The number of rotatable bonds is 31. The quantitative estimate of drug-likeness (QED) is 0.0135. The molecule has 3 heterocycles. The molecule has 3 aromatic rings. The van der Waals surface area contributed by atoms with Crippen molar-refractivity contribution in [1.82, 2.24) is 15.1 Å². The summed E-state index contributed by atoms with van der Waals surface area (Å²) in [5.74, 6) is -4.34. The first-order chi connectivity index (χ1) is 46.4. The van der Waals surface area contributed by atoms with Gasteiger partial charge in [-0.05, 0) is 98.2 Å². The SMILES string of the molecule is C=C1CC(CO[Si](C)(C)C(C)(C)C)N(C(=O)c2cc(OC)c(OCCCCCOc3cc(NC(=O)OCc4ccc(O[C@@H]5O[C@H](C(=O)OC)[C@@H](OC(C)=O)C(OC(C)=O)[C@H]5OC(C)=O)c(C(=O)NCCOC)c4)c(C(=O)N4CC(=C)C[C@H]4CO[Si](C)(C)C(C)(C)C)cc3OC)cc2N)C1. The first kappa shape index (κ1) is 79.8. The number of nitrogen functional groups attached to an aromatic ring is 1. The Balaban J connectivity index is 1.21. The fourth-order valence-corrected chi connectivity index (χ4v) is 12.8. The number of carbonyl (C=O) groups excluding carboxylic acids is 8. The summed E-state index contributed by atoms with van der Waals surface area (Å²) in [6.07, 6.45) is -6.85. The average molecular weight is 1420 g/mol. The Morgan fingerprint density at radius 2 is 1.12 bits per heavy atom. The lowest BCUT2D eigenvalue weighted by Crippen LogP contribution is -2.64. The molecular formula is C70H101N5O22Si2. The van der Waals surface area contributed by atoms with E-state index in [9.17, 15) is 38.4 Å². The lowest BCUT2D eigenvalue weighted by atomic mass is 9.97. The number of amides is 4. The molecule has 29 heteroatoms. The van der Waals surface area contributed by atoms with Gasteiger partial charge in [0.05, 0.1) is 88.8 Å². The predicted molar refractivity (Wildman–Crippen MR) is 371 cm³/mol. The van der Waals surface area contributed by atoms with E-state index >= 15 is 0 Å². The molecule has 27 nitrogen and oxygen atoms in total.